The average Bonchev–Trinajstić information content (AvgIpc) is 2.49. The number of primary amides is 1. The lowest BCUT2D eigenvalue weighted by atomic mass is 10.0. The normalized spacial score (nSPS) is 11.0. The van der Waals surface area contributed by atoms with Gasteiger partial charge in [-0.25, -0.2) is 0 Å². The molecule has 0 aromatic heterocycles. The van der Waals surface area contributed by atoms with E-state index in [1.165, 1.54) is 5.56 Å². The van der Waals surface area contributed by atoms with Gasteiger partial charge >= 0.3 is 0 Å². The summed E-state index contributed by atoms with van der Waals surface area (Å²) in [5.41, 5.74) is 7.64. The van der Waals surface area contributed by atoms with E-state index in [0.717, 1.165) is 12.0 Å². The standard InChI is InChI=1S/C17H20N2O2.2ClH/c18-17(21)16(11-8-13-4-2-1-3-5-13)19-12-14-6-9-15(20)10-7-14;;/h1-7,9-10,16,19-20H,8,11-12H2,(H2,18,21);2*1H. The van der Waals surface area contributed by atoms with Crippen LogP contribution in [0.3, 0.4) is 0 Å². The molecule has 2 aromatic carbocycles. The zero-order chi connectivity index (χ0) is 15.1. The van der Waals surface area contributed by atoms with E-state index in [9.17, 15) is 9.90 Å². The second-order valence-corrected chi connectivity index (χ2v) is 5.03. The quantitative estimate of drug-likeness (QED) is 0.713. The number of aromatic hydroxyl groups is 1. The Balaban J connectivity index is 0.00000242. The molecule has 0 spiro atoms. The van der Waals surface area contributed by atoms with Gasteiger partial charge in [0.15, 0.2) is 0 Å². The number of carbonyl (C=O) groups is 1. The van der Waals surface area contributed by atoms with E-state index in [0.29, 0.717) is 13.0 Å². The lowest BCUT2D eigenvalue weighted by Gasteiger charge is -2.15. The van der Waals surface area contributed by atoms with Gasteiger partial charge in [-0.1, -0.05) is 42.5 Å². The maximum absolute atomic E-state index is 11.5. The third-order valence-electron chi connectivity index (χ3n) is 3.40. The number of nitrogens with one attached hydrogen (secondary N) is 1. The first-order chi connectivity index (χ1) is 10.1. The van der Waals surface area contributed by atoms with Crippen LogP contribution in [0, 0.1) is 0 Å². The van der Waals surface area contributed by atoms with Gasteiger partial charge in [-0.05, 0) is 36.1 Å². The molecule has 0 bridgehead atoms. The van der Waals surface area contributed by atoms with Crippen LogP contribution in [0.4, 0.5) is 0 Å². The Morgan fingerprint density at radius 1 is 1.00 bits per heavy atom. The van der Waals surface area contributed by atoms with Gasteiger partial charge < -0.3 is 16.2 Å². The third kappa shape index (κ3) is 7.37. The molecular weight excluding hydrogens is 335 g/mol. The van der Waals surface area contributed by atoms with E-state index >= 15 is 0 Å². The molecule has 0 radical (unpaired) electrons. The van der Waals surface area contributed by atoms with Crippen molar-refractivity contribution in [3.8, 4) is 5.75 Å². The number of benzene rings is 2. The minimum atomic E-state index is -0.362. The van der Waals surface area contributed by atoms with Crippen molar-refractivity contribution in [3.05, 3.63) is 65.7 Å². The summed E-state index contributed by atoms with van der Waals surface area (Å²) < 4.78 is 0. The summed E-state index contributed by atoms with van der Waals surface area (Å²) in [7, 11) is 0. The molecule has 0 aliphatic rings. The molecule has 126 valence electrons. The van der Waals surface area contributed by atoms with E-state index in [-0.39, 0.29) is 42.5 Å². The summed E-state index contributed by atoms with van der Waals surface area (Å²) in [6.07, 6.45) is 1.47. The van der Waals surface area contributed by atoms with Crippen LogP contribution in [0.1, 0.15) is 17.5 Å². The second kappa shape index (κ2) is 10.9. The number of hydrogen-bond donors (Lipinski definition) is 3. The van der Waals surface area contributed by atoms with Crippen LogP contribution < -0.4 is 11.1 Å². The number of carbonyl (C=O) groups excluding carboxylic acids is 1. The number of amides is 1. The fourth-order valence-corrected chi connectivity index (χ4v) is 2.16. The summed E-state index contributed by atoms with van der Waals surface area (Å²) in [5, 5.41) is 12.4. The molecule has 0 aliphatic carbocycles. The van der Waals surface area contributed by atoms with Crippen molar-refractivity contribution in [2.75, 3.05) is 0 Å². The molecule has 0 fully saturated rings. The van der Waals surface area contributed by atoms with Crippen molar-refractivity contribution in [3.63, 3.8) is 0 Å². The van der Waals surface area contributed by atoms with Crippen molar-refractivity contribution < 1.29 is 9.90 Å². The average molecular weight is 357 g/mol. The molecule has 0 saturated carbocycles. The number of phenolic OH excluding ortho intramolecular Hbond substituents is 1. The molecule has 0 saturated heterocycles. The number of hydrogen-bond acceptors (Lipinski definition) is 3. The molecule has 1 atom stereocenters. The van der Waals surface area contributed by atoms with Gasteiger partial charge in [-0.3, -0.25) is 4.79 Å². The Kier molecular flexibility index (Phi) is 10.1. The highest BCUT2D eigenvalue weighted by atomic mass is 35.5. The fourth-order valence-electron chi connectivity index (χ4n) is 2.16. The van der Waals surface area contributed by atoms with Crippen LogP contribution >= 0.6 is 24.8 Å². The Hall–Kier alpha value is -1.75. The Morgan fingerprint density at radius 3 is 2.17 bits per heavy atom. The van der Waals surface area contributed by atoms with Crippen molar-refractivity contribution >= 4 is 30.7 Å². The summed E-state index contributed by atoms with van der Waals surface area (Å²) in [4.78, 5) is 11.5. The van der Waals surface area contributed by atoms with E-state index in [4.69, 9.17) is 5.73 Å². The van der Waals surface area contributed by atoms with Gasteiger partial charge in [0.1, 0.15) is 5.75 Å². The molecule has 4 N–H and O–H groups in total. The van der Waals surface area contributed by atoms with Crippen molar-refractivity contribution in [1.82, 2.24) is 5.32 Å². The highest BCUT2D eigenvalue weighted by molar-refractivity contribution is 5.85. The molecule has 1 amide bonds. The van der Waals surface area contributed by atoms with Gasteiger partial charge in [-0.15, -0.1) is 24.8 Å². The van der Waals surface area contributed by atoms with Crippen LogP contribution in [0.25, 0.3) is 0 Å². The Morgan fingerprint density at radius 2 is 1.61 bits per heavy atom. The SMILES string of the molecule is Cl.Cl.NC(=O)C(CCc1ccccc1)NCc1ccc(O)cc1. The maximum atomic E-state index is 11.5. The molecule has 1 unspecified atom stereocenters. The van der Waals surface area contributed by atoms with Gasteiger partial charge in [0.05, 0.1) is 6.04 Å². The van der Waals surface area contributed by atoms with Crippen LogP contribution in [-0.4, -0.2) is 17.1 Å². The van der Waals surface area contributed by atoms with E-state index in [1.54, 1.807) is 12.1 Å². The number of nitrogens with two attached hydrogens (primary N) is 1. The molecule has 6 heteroatoms. The first-order valence-electron chi connectivity index (χ1n) is 6.99. The fraction of sp³-hybridized carbons (Fsp3) is 0.235. The van der Waals surface area contributed by atoms with Gasteiger partial charge in [0.2, 0.25) is 5.91 Å². The lowest BCUT2D eigenvalue weighted by molar-refractivity contribution is -0.120. The first kappa shape index (κ1) is 21.2. The van der Waals surface area contributed by atoms with E-state index < -0.39 is 0 Å². The van der Waals surface area contributed by atoms with Gasteiger partial charge in [0.25, 0.3) is 0 Å². The highest BCUT2D eigenvalue weighted by Gasteiger charge is 2.14. The molecular formula is C17H22Cl2N2O2. The zero-order valence-corrected chi connectivity index (χ0v) is 14.3. The summed E-state index contributed by atoms with van der Waals surface area (Å²) >= 11 is 0. The van der Waals surface area contributed by atoms with Crippen LogP contribution in [0.15, 0.2) is 54.6 Å². The monoisotopic (exact) mass is 356 g/mol. The van der Waals surface area contributed by atoms with Crippen LogP contribution in [-0.2, 0) is 17.8 Å². The van der Waals surface area contributed by atoms with Crippen LogP contribution in [0.2, 0.25) is 0 Å². The molecule has 4 nitrogen and oxygen atoms in total. The van der Waals surface area contributed by atoms with Crippen molar-refractivity contribution in [2.24, 2.45) is 5.73 Å². The zero-order valence-electron chi connectivity index (χ0n) is 12.6. The predicted octanol–water partition coefficient (Wildman–Crippen LogP) is 2.81. The summed E-state index contributed by atoms with van der Waals surface area (Å²) in [6.45, 7) is 0.544. The highest BCUT2D eigenvalue weighted by Crippen LogP contribution is 2.10. The maximum Gasteiger partial charge on any atom is 0.234 e. The Bertz CT molecular complexity index is 577. The van der Waals surface area contributed by atoms with Crippen molar-refractivity contribution in [1.29, 1.82) is 0 Å². The number of aryl methyl sites for hydroxylation is 1. The minimum absolute atomic E-state index is 0. The largest absolute Gasteiger partial charge is 0.508 e. The second-order valence-electron chi connectivity index (χ2n) is 5.03. The minimum Gasteiger partial charge on any atom is -0.508 e. The van der Waals surface area contributed by atoms with Crippen molar-refractivity contribution in [2.45, 2.75) is 25.4 Å². The smallest absolute Gasteiger partial charge is 0.234 e. The molecule has 23 heavy (non-hydrogen) atoms. The topological polar surface area (TPSA) is 75.4 Å². The predicted molar refractivity (Wildman–Crippen MR) is 97.2 cm³/mol. The summed E-state index contributed by atoms with van der Waals surface area (Å²) in [5.74, 6) is -0.112. The molecule has 2 aromatic rings. The Labute approximate surface area is 148 Å². The number of phenols is 1. The van der Waals surface area contributed by atoms with E-state index in [2.05, 4.69) is 5.32 Å². The molecule has 2 rings (SSSR count). The van der Waals surface area contributed by atoms with Crippen LogP contribution in [0.5, 0.6) is 5.75 Å². The number of halogens is 2. The third-order valence-corrected chi connectivity index (χ3v) is 3.40. The number of rotatable bonds is 7. The van der Waals surface area contributed by atoms with E-state index in [1.807, 2.05) is 42.5 Å². The molecule has 0 aliphatic heterocycles. The van der Waals surface area contributed by atoms with Gasteiger partial charge in [-0.2, -0.15) is 0 Å². The summed E-state index contributed by atoms with van der Waals surface area (Å²) in [6, 6.07) is 16.5. The first-order valence-corrected chi connectivity index (χ1v) is 6.99. The lowest BCUT2D eigenvalue weighted by Crippen LogP contribution is -2.41. The van der Waals surface area contributed by atoms with Gasteiger partial charge in [0, 0.05) is 6.54 Å². The molecule has 0 heterocycles.